The number of hydrogen-bond donors (Lipinski definition) is 0. The highest BCUT2D eigenvalue weighted by Gasteiger charge is 2.60. The zero-order valence-corrected chi connectivity index (χ0v) is 26.7. The quantitative estimate of drug-likeness (QED) is 0.105. The number of fused-ring (bicyclic) bond motifs is 5. The topological polar surface area (TPSA) is 27.7 Å². The van der Waals surface area contributed by atoms with Crippen LogP contribution >= 0.6 is 22.6 Å². The van der Waals surface area contributed by atoms with Crippen molar-refractivity contribution in [3.8, 4) is 0 Å². The van der Waals surface area contributed by atoms with E-state index in [2.05, 4.69) is 89.4 Å². The van der Waals surface area contributed by atoms with Gasteiger partial charge in [-0.25, -0.2) is 9.78 Å². The Morgan fingerprint density at radius 3 is 2.51 bits per heavy atom. The molecule has 1 heterocycles. The van der Waals surface area contributed by atoms with E-state index in [0.717, 1.165) is 25.2 Å². The molecule has 3 nitrogen and oxygen atoms in total. The van der Waals surface area contributed by atoms with Gasteiger partial charge in [-0.1, -0.05) is 87.4 Å². The van der Waals surface area contributed by atoms with E-state index in [1.54, 1.807) is 11.1 Å². The number of allylic oxidation sites excluding steroid dienone is 3. The lowest BCUT2D eigenvalue weighted by molar-refractivity contribution is -0.408. The zero-order valence-electron chi connectivity index (χ0n) is 23.6. The van der Waals surface area contributed by atoms with E-state index < -0.39 is 8.32 Å². The Morgan fingerprint density at radius 1 is 1.11 bits per heavy atom. The van der Waals surface area contributed by atoms with Gasteiger partial charge in [0.05, 0.1) is 12.7 Å². The summed E-state index contributed by atoms with van der Waals surface area (Å²) in [5.74, 6) is 1.44. The third kappa shape index (κ3) is 4.30. The van der Waals surface area contributed by atoms with Crippen molar-refractivity contribution in [3.05, 3.63) is 23.3 Å². The minimum atomic E-state index is -1.78. The van der Waals surface area contributed by atoms with Gasteiger partial charge in [0, 0.05) is 16.3 Å². The summed E-state index contributed by atoms with van der Waals surface area (Å²) in [5, 5.41) is 0.266. The van der Waals surface area contributed by atoms with Crippen LogP contribution in [0.2, 0.25) is 18.1 Å². The molecule has 1 aliphatic heterocycles. The molecule has 0 bridgehead atoms. The van der Waals surface area contributed by atoms with E-state index >= 15 is 0 Å². The van der Waals surface area contributed by atoms with Crippen LogP contribution in [-0.4, -0.2) is 31.1 Å². The Hall–Kier alpha value is 0.307. The first-order valence-corrected chi connectivity index (χ1v) is 18.6. The molecule has 198 valence electrons. The number of halogens is 1. The Labute approximate surface area is 229 Å². The van der Waals surface area contributed by atoms with Gasteiger partial charge < -0.3 is 4.43 Å². The predicted molar refractivity (Wildman–Crippen MR) is 155 cm³/mol. The summed E-state index contributed by atoms with van der Waals surface area (Å²) in [6.07, 6.45) is 15.2. The van der Waals surface area contributed by atoms with Gasteiger partial charge in [0.25, 0.3) is 0 Å². The molecule has 0 aromatic heterocycles. The third-order valence-electron chi connectivity index (χ3n) is 11.2. The van der Waals surface area contributed by atoms with E-state index in [-0.39, 0.29) is 26.9 Å². The molecule has 2 saturated carbocycles. The highest BCUT2D eigenvalue weighted by molar-refractivity contribution is 14.1. The van der Waals surface area contributed by atoms with Gasteiger partial charge in [-0.05, 0) is 85.7 Å². The minimum Gasteiger partial charge on any atom is -0.413 e. The Balaban J connectivity index is 1.41. The van der Waals surface area contributed by atoms with Crippen LogP contribution in [0.15, 0.2) is 23.3 Å². The van der Waals surface area contributed by atoms with Crippen LogP contribution in [-0.2, 0) is 14.2 Å². The van der Waals surface area contributed by atoms with Crippen LogP contribution in [0.4, 0.5) is 0 Å². The molecule has 35 heavy (non-hydrogen) atoms. The summed E-state index contributed by atoms with van der Waals surface area (Å²) in [5.41, 5.74) is 4.01. The maximum atomic E-state index is 7.13. The van der Waals surface area contributed by atoms with Gasteiger partial charge in [-0.15, -0.1) is 0 Å². The highest BCUT2D eigenvalue weighted by atomic mass is 127. The van der Waals surface area contributed by atoms with E-state index in [4.69, 9.17) is 14.2 Å². The van der Waals surface area contributed by atoms with Crippen molar-refractivity contribution >= 4 is 30.9 Å². The van der Waals surface area contributed by atoms with Crippen LogP contribution in [0, 0.1) is 28.1 Å². The smallest absolute Gasteiger partial charge is 0.192 e. The van der Waals surface area contributed by atoms with Crippen molar-refractivity contribution < 1.29 is 14.2 Å². The minimum absolute atomic E-state index is 0.130. The summed E-state index contributed by atoms with van der Waals surface area (Å²) in [4.78, 5) is 11.8. The Kier molecular flexibility index (Phi) is 6.65. The predicted octanol–water partition coefficient (Wildman–Crippen LogP) is 8.79. The second kappa shape index (κ2) is 8.66. The van der Waals surface area contributed by atoms with Gasteiger partial charge in [-0.2, -0.15) is 0 Å². The van der Waals surface area contributed by atoms with E-state index in [0.29, 0.717) is 18.6 Å². The normalized spacial score (nSPS) is 43.2. The third-order valence-corrected chi connectivity index (χ3v) is 17.0. The van der Waals surface area contributed by atoms with Crippen molar-refractivity contribution in [2.45, 2.75) is 123 Å². The van der Waals surface area contributed by atoms with Crippen molar-refractivity contribution in [1.29, 1.82) is 0 Å². The van der Waals surface area contributed by atoms with Crippen LogP contribution < -0.4 is 0 Å². The first-order valence-electron chi connectivity index (χ1n) is 14.1. The molecule has 5 rings (SSSR count). The number of rotatable bonds is 3. The molecule has 6 atom stereocenters. The van der Waals surface area contributed by atoms with Gasteiger partial charge in [-0.3, -0.25) is 0 Å². The highest BCUT2D eigenvalue weighted by Crippen LogP contribution is 2.65. The fourth-order valence-electron chi connectivity index (χ4n) is 8.23. The van der Waals surface area contributed by atoms with Gasteiger partial charge in [0.1, 0.15) is 5.60 Å². The molecule has 0 aromatic rings. The largest absolute Gasteiger partial charge is 0.413 e. The molecule has 0 radical (unpaired) electrons. The molecule has 4 aliphatic carbocycles. The van der Waals surface area contributed by atoms with Gasteiger partial charge in [0.2, 0.25) is 0 Å². The van der Waals surface area contributed by atoms with E-state index in [9.17, 15) is 0 Å². The summed E-state index contributed by atoms with van der Waals surface area (Å²) < 4.78 is 8.32. The molecule has 3 fully saturated rings. The molecule has 0 amide bonds. The Bertz CT molecular complexity index is 917. The SMILES string of the molecule is CC1(C)COOC2(CC[C@@]3(CI)C(=CC[C@@H]4C3=CC[C@]3(C)[C@@H](O[Si](C)(C)C(C)(C)C)CC[C@@H]43)C2)C1. The number of hydrogen-bond acceptors (Lipinski definition) is 3. The summed E-state index contributed by atoms with van der Waals surface area (Å²) in [7, 11) is -1.78. The lowest BCUT2D eigenvalue weighted by Crippen LogP contribution is -2.53. The van der Waals surface area contributed by atoms with Crippen LogP contribution in [0.5, 0.6) is 0 Å². The lowest BCUT2D eigenvalue weighted by Gasteiger charge is -2.57. The second-order valence-corrected chi connectivity index (χ2v) is 20.8. The summed E-state index contributed by atoms with van der Waals surface area (Å²) >= 11 is 2.69. The zero-order chi connectivity index (χ0) is 25.5. The van der Waals surface area contributed by atoms with Crippen LogP contribution in [0.3, 0.4) is 0 Å². The summed E-state index contributed by atoms with van der Waals surface area (Å²) in [6.45, 7) is 19.9. The van der Waals surface area contributed by atoms with E-state index in [1.807, 2.05) is 0 Å². The van der Waals surface area contributed by atoms with Crippen molar-refractivity contribution in [1.82, 2.24) is 0 Å². The first kappa shape index (κ1) is 26.9. The fraction of sp³-hybridized carbons (Fsp3) is 0.867. The average Bonchev–Trinajstić information content (AvgIpc) is 3.07. The molecule has 1 unspecified atom stereocenters. The van der Waals surface area contributed by atoms with E-state index in [1.165, 1.54) is 36.5 Å². The van der Waals surface area contributed by atoms with Gasteiger partial charge in [0.15, 0.2) is 8.32 Å². The number of alkyl halides is 1. The lowest BCUT2D eigenvalue weighted by atomic mass is 9.51. The molecule has 5 heteroatoms. The van der Waals surface area contributed by atoms with Crippen molar-refractivity contribution in [2.24, 2.45) is 28.1 Å². The van der Waals surface area contributed by atoms with Crippen molar-refractivity contribution in [3.63, 3.8) is 0 Å². The van der Waals surface area contributed by atoms with Crippen LogP contribution in [0.25, 0.3) is 0 Å². The van der Waals surface area contributed by atoms with Crippen molar-refractivity contribution in [2.75, 3.05) is 11.0 Å². The summed E-state index contributed by atoms with van der Waals surface area (Å²) in [6, 6.07) is 0. The molecular formula is C30H49IO3Si. The molecule has 1 saturated heterocycles. The van der Waals surface area contributed by atoms with Gasteiger partial charge >= 0.3 is 0 Å². The molecule has 5 aliphatic rings. The molecule has 1 spiro atoms. The molecule has 0 aromatic carbocycles. The first-order chi connectivity index (χ1) is 16.2. The van der Waals surface area contributed by atoms with Crippen LogP contribution in [0.1, 0.15) is 92.9 Å². The maximum Gasteiger partial charge on any atom is 0.192 e. The average molecular weight is 613 g/mol. The fourth-order valence-corrected chi connectivity index (χ4v) is 11.0. The molecule has 0 N–H and O–H groups in total. The molecular weight excluding hydrogens is 563 g/mol. The standard InChI is InChI=1S/C30H49IO3Si/c1-26(2,3)35(7,8)33-25-12-11-23-22-10-9-21-17-29(18-27(4,5)20-32-34-29)15-16-30(21,19-31)24(22)13-14-28(23,25)6/h9,13,22-23,25H,10-12,14-20H2,1-8H3/t22-,23-,25-,28-,29?,30+/m0/s1. The second-order valence-electron chi connectivity index (χ2n) is 15.3. The monoisotopic (exact) mass is 612 g/mol. The Morgan fingerprint density at radius 2 is 1.86 bits per heavy atom. The maximum absolute atomic E-state index is 7.13.